The number of ether oxygens (including phenoxy) is 2. The molecule has 0 bridgehead atoms. The second kappa shape index (κ2) is 21.7. The summed E-state index contributed by atoms with van der Waals surface area (Å²) in [5.74, 6) is -2.96. The third-order valence-electron chi connectivity index (χ3n) is 12.6. The molecule has 14 nitrogen and oxygen atoms in total. The number of halogens is 2. The number of hydrogen-bond acceptors (Lipinski definition) is 9. The maximum absolute atomic E-state index is 16.5. The van der Waals surface area contributed by atoms with Gasteiger partial charge in [0.1, 0.15) is 24.2 Å². The van der Waals surface area contributed by atoms with E-state index in [1.807, 2.05) is 38.1 Å². The van der Waals surface area contributed by atoms with Crippen LogP contribution in [0.5, 0.6) is 0 Å². The number of alkyl halides is 2. The standard InChI is InChI=1S/C46H52F2N8O6S.C3H8.C2H2/c1-25(2)41(54-44(60)62-5)42(58)56(29-9-10-30(63)19-29)23-39-51-35-13-8-27(18-36(35)52-39)26-6-11-31-32-12-7-28(17-34(32)46(47,48)33(31)16-26)37-20-49-38(53-37)22-55(24-45(3)14-15-45)40(57)21-50-43(59)61-4;1-3-2;1-2/h6-8,11-13,16-18,20,25,29-30,41,63H,9-10,14-15,19,21-24H2,1-5H3,(H,49,53)(H,50,59)(H,51,52)(H,54,60);3H2,1-2H3;1-2H/t29-,30+,41?;;/m1../s1. The molecule has 1 unspecified atom stereocenters. The molecule has 4 amide bonds. The first kappa shape index (κ1) is 51.0. The number of amides is 4. The number of nitrogens with zero attached hydrogens (tertiary/aromatic N) is 4. The van der Waals surface area contributed by atoms with Gasteiger partial charge in [-0.25, -0.2) is 19.6 Å². The van der Waals surface area contributed by atoms with E-state index in [1.165, 1.54) is 32.8 Å². The lowest BCUT2D eigenvalue weighted by atomic mass is 9.98. The van der Waals surface area contributed by atoms with Gasteiger partial charge in [-0.2, -0.15) is 21.4 Å². The van der Waals surface area contributed by atoms with E-state index in [1.54, 1.807) is 34.2 Å². The molecular formula is C51H62F2N8O6S. The van der Waals surface area contributed by atoms with Crippen LogP contribution >= 0.6 is 12.6 Å². The van der Waals surface area contributed by atoms with Crippen molar-refractivity contribution in [3.63, 3.8) is 0 Å². The molecule has 0 saturated heterocycles. The fourth-order valence-corrected chi connectivity index (χ4v) is 9.09. The smallest absolute Gasteiger partial charge is 0.407 e. The van der Waals surface area contributed by atoms with Gasteiger partial charge in [0.05, 0.1) is 50.2 Å². The molecule has 0 radical (unpaired) electrons. The number of hydrogen-bond donors (Lipinski definition) is 5. The predicted octanol–water partition coefficient (Wildman–Crippen LogP) is 9.45. The molecule has 17 heteroatoms. The van der Waals surface area contributed by atoms with Crippen molar-refractivity contribution in [1.29, 1.82) is 0 Å². The third-order valence-corrected chi connectivity index (χ3v) is 13.0. The van der Waals surface area contributed by atoms with Crippen molar-refractivity contribution < 1.29 is 37.4 Å². The average Bonchev–Trinajstić information content (AvgIpc) is 3.72. The average molecular weight is 953 g/mol. The van der Waals surface area contributed by atoms with E-state index in [-0.39, 0.29) is 65.2 Å². The molecule has 68 heavy (non-hydrogen) atoms. The summed E-state index contributed by atoms with van der Waals surface area (Å²) in [6.07, 6.45) is 13.8. The van der Waals surface area contributed by atoms with E-state index < -0.39 is 24.2 Å². The monoisotopic (exact) mass is 952 g/mol. The predicted molar refractivity (Wildman–Crippen MR) is 262 cm³/mol. The lowest BCUT2D eigenvalue weighted by Crippen LogP contribution is -2.53. The highest BCUT2D eigenvalue weighted by atomic mass is 32.1. The van der Waals surface area contributed by atoms with Crippen molar-refractivity contribution >= 4 is 47.7 Å². The van der Waals surface area contributed by atoms with Gasteiger partial charge in [0.15, 0.2) is 0 Å². The minimum Gasteiger partial charge on any atom is -0.453 e. The van der Waals surface area contributed by atoms with Gasteiger partial charge in [0.25, 0.3) is 5.92 Å². The summed E-state index contributed by atoms with van der Waals surface area (Å²) in [5.41, 5.74) is 4.40. The first-order valence-corrected chi connectivity index (χ1v) is 23.5. The summed E-state index contributed by atoms with van der Waals surface area (Å²) in [7, 11) is 2.49. The van der Waals surface area contributed by atoms with Gasteiger partial charge in [-0.15, -0.1) is 12.8 Å². The molecule has 2 heterocycles. The van der Waals surface area contributed by atoms with E-state index in [9.17, 15) is 19.2 Å². The number of thiol groups is 1. The van der Waals surface area contributed by atoms with Crippen molar-refractivity contribution in [3.05, 3.63) is 83.6 Å². The number of rotatable bonds is 14. The zero-order valence-electron chi connectivity index (χ0n) is 39.8. The lowest BCUT2D eigenvalue weighted by molar-refractivity contribution is -0.137. The second-order valence-corrected chi connectivity index (χ2v) is 19.0. The Morgan fingerprint density at radius 3 is 2.10 bits per heavy atom. The van der Waals surface area contributed by atoms with Gasteiger partial charge in [0, 0.05) is 34.5 Å². The first-order chi connectivity index (χ1) is 32.5. The normalized spacial score (nSPS) is 17.3. The van der Waals surface area contributed by atoms with E-state index in [0.29, 0.717) is 69.2 Å². The molecule has 2 saturated carbocycles. The molecule has 3 aromatic carbocycles. The fourth-order valence-electron chi connectivity index (χ4n) is 8.70. The molecule has 5 aromatic rings. The molecule has 2 aromatic heterocycles. The van der Waals surface area contributed by atoms with Crippen LogP contribution in [0.1, 0.15) is 95.9 Å². The highest BCUT2D eigenvalue weighted by Crippen LogP contribution is 2.53. The number of methoxy groups -OCH3 is 2. The highest BCUT2D eigenvalue weighted by Gasteiger charge is 2.45. The zero-order valence-corrected chi connectivity index (χ0v) is 40.6. The Hall–Kier alpha value is -6.41. The Kier molecular flexibility index (Phi) is 16.3. The Morgan fingerprint density at radius 1 is 0.882 bits per heavy atom. The third kappa shape index (κ3) is 11.5. The van der Waals surface area contributed by atoms with Gasteiger partial charge in [0.2, 0.25) is 11.8 Å². The van der Waals surface area contributed by atoms with Crippen molar-refractivity contribution in [1.82, 2.24) is 40.4 Å². The first-order valence-electron chi connectivity index (χ1n) is 22.9. The number of nitrogens with one attached hydrogen (secondary N) is 4. The van der Waals surface area contributed by atoms with Crippen LogP contribution in [0.25, 0.3) is 44.5 Å². The van der Waals surface area contributed by atoms with Crippen LogP contribution in [0, 0.1) is 24.2 Å². The van der Waals surface area contributed by atoms with Gasteiger partial charge >= 0.3 is 12.2 Å². The fraction of sp³-hybridized carbons (Fsp3) is 0.451. The van der Waals surface area contributed by atoms with Crippen LogP contribution in [-0.4, -0.2) is 98.4 Å². The Bertz CT molecular complexity index is 2640. The number of aromatic amines is 2. The second-order valence-electron chi connectivity index (χ2n) is 18.3. The minimum absolute atomic E-state index is 0.00600. The minimum atomic E-state index is -3.29. The molecule has 0 aliphatic heterocycles. The Balaban J connectivity index is 0.00000146. The van der Waals surface area contributed by atoms with E-state index >= 15 is 8.78 Å². The number of imidazole rings is 2. The van der Waals surface area contributed by atoms with Crippen LogP contribution < -0.4 is 10.6 Å². The number of carbonyl (C=O) groups excluding carboxylic acids is 4. The molecule has 3 aliphatic rings. The summed E-state index contributed by atoms with van der Waals surface area (Å²) >= 11 is 4.67. The molecule has 362 valence electrons. The molecule has 3 aliphatic carbocycles. The number of fused-ring (bicyclic) bond motifs is 4. The number of aromatic nitrogens is 4. The van der Waals surface area contributed by atoms with Gasteiger partial charge in [-0.05, 0) is 90.0 Å². The number of terminal acetylenes is 1. The summed E-state index contributed by atoms with van der Waals surface area (Å²) in [5, 5.41) is 5.29. The summed E-state index contributed by atoms with van der Waals surface area (Å²) in [4.78, 5) is 70.2. The van der Waals surface area contributed by atoms with Gasteiger partial charge in [-0.1, -0.05) is 71.4 Å². The molecule has 3 atom stereocenters. The van der Waals surface area contributed by atoms with Gasteiger partial charge < -0.3 is 39.9 Å². The van der Waals surface area contributed by atoms with Crippen molar-refractivity contribution in [3.8, 4) is 46.4 Å². The van der Waals surface area contributed by atoms with E-state index in [4.69, 9.17) is 9.72 Å². The summed E-state index contributed by atoms with van der Waals surface area (Å²) < 4.78 is 42.4. The molecule has 0 spiro atoms. The van der Waals surface area contributed by atoms with Crippen LogP contribution in [0.4, 0.5) is 18.4 Å². The molecular weight excluding hydrogens is 891 g/mol. The van der Waals surface area contributed by atoms with Crippen LogP contribution in [0.2, 0.25) is 0 Å². The molecule has 4 N–H and O–H groups in total. The van der Waals surface area contributed by atoms with Crippen LogP contribution in [0.3, 0.4) is 0 Å². The van der Waals surface area contributed by atoms with Crippen LogP contribution in [-0.2, 0) is 38.1 Å². The largest absolute Gasteiger partial charge is 0.453 e. The summed E-state index contributed by atoms with van der Waals surface area (Å²) in [6, 6.07) is 14.7. The maximum Gasteiger partial charge on any atom is 0.407 e. The van der Waals surface area contributed by atoms with Crippen LogP contribution in [0.15, 0.2) is 60.8 Å². The number of carbonyl (C=O) groups is 4. The quantitative estimate of drug-likeness (QED) is 0.0541. The van der Waals surface area contributed by atoms with E-state index in [0.717, 1.165) is 25.7 Å². The number of alkyl carbamates (subject to hydrolysis) is 2. The highest BCUT2D eigenvalue weighted by molar-refractivity contribution is 7.81. The van der Waals surface area contributed by atoms with Gasteiger partial charge in [-0.3, -0.25) is 9.59 Å². The van der Waals surface area contributed by atoms with Crippen molar-refractivity contribution in [2.24, 2.45) is 11.3 Å². The Morgan fingerprint density at radius 2 is 1.50 bits per heavy atom. The number of benzene rings is 3. The SMILES string of the molecule is C#C.CCC.COC(=O)NCC(=O)N(Cc1ncc(-c2ccc3c(c2)C(F)(F)c2cc(-c4ccc5nc(CN(C(=O)C(NC(=O)OC)C(C)C)[C@@H]6CC[C@H](S)C6)[nH]c5c4)ccc2-3)[nH]1)CC1(C)CC1. The lowest BCUT2D eigenvalue weighted by Gasteiger charge is -2.33. The number of H-pyrrole nitrogens is 2. The zero-order chi connectivity index (χ0) is 49.5. The van der Waals surface area contributed by atoms with E-state index in [2.05, 4.69) is 76.6 Å². The maximum atomic E-state index is 16.5. The summed E-state index contributed by atoms with van der Waals surface area (Å²) in [6.45, 7) is 10.7. The topological polar surface area (TPSA) is 175 Å². The van der Waals surface area contributed by atoms with Crippen molar-refractivity contribution in [2.75, 3.05) is 27.3 Å². The molecule has 8 rings (SSSR count). The van der Waals surface area contributed by atoms with Crippen molar-refractivity contribution in [2.45, 2.75) is 109 Å². The molecule has 2 fully saturated rings. The Labute approximate surface area is 402 Å².